The predicted octanol–water partition coefficient (Wildman–Crippen LogP) is 2.29. The van der Waals surface area contributed by atoms with Gasteiger partial charge >= 0.3 is 5.97 Å². The molecule has 0 aliphatic carbocycles. The van der Waals surface area contributed by atoms with E-state index in [1.165, 1.54) is 13.0 Å². The van der Waals surface area contributed by atoms with Crippen LogP contribution < -0.4 is 0 Å². The van der Waals surface area contributed by atoms with Crippen LogP contribution in [-0.4, -0.2) is 21.0 Å². The maximum Gasteiger partial charge on any atom is 0.336 e. The van der Waals surface area contributed by atoms with Gasteiger partial charge in [-0.1, -0.05) is 0 Å². The summed E-state index contributed by atoms with van der Waals surface area (Å²) in [6.07, 6.45) is 0. The number of aromatic carboxylic acids is 1. The van der Waals surface area contributed by atoms with Gasteiger partial charge in [0.1, 0.15) is 11.3 Å². The Kier molecular flexibility index (Phi) is 2.66. The van der Waals surface area contributed by atoms with Crippen molar-refractivity contribution in [3.63, 3.8) is 0 Å². The number of rotatable bonds is 2. The molecule has 1 aromatic carbocycles. The van der Waals surface area contributed by atoms with Crippen LogP contribution in [0.3, 0.4) is 0 Å². The van der Waals surface area contributed by atoms with Crippen LogP contribution in [-0.2, 0) is 0 Å². The second-order valence-corrected chi connectivity index (χ2v) is 3.69. The molecule has 1 heterocycles. The van der Waals surface area contributed by atoms with Crippen molar-refractivity contribution >= 4 is 22.6 Å². The van der Waals surface area contributed by atoms with Gasteiger partial charge in [-0.3, -0.25) is 10.1 Å². The number of halogens is 1. The van der Waals surface area contributed by atoms with E-state index in [0.717, 1.165) is 12.1 Å². The molecule has 0 radical (unpaired) electrons. The molecule has 18 heavy (non-hydrogen) atoms. The molecule has 1 aromatic heterocycles. The van der Waals surface area contributed by atoms with Crippen molar-refractivity contribution in [2.45, 2.75) is 6.92 Å². The van der Waals surface area contributed by atoms with E-state index in [4.69, 9.17) is 5.11 Å². The number of pyridine rings is 1. The molecule has 0 atom stereocenters. The van der Waals surface area contributed by atoms with Crippen LogP contribution in [0.2, 0.25) is 0 Å². The van der Waals surface area contributed by atoms with Crippen LogP contribution in [0.25, 0.3) is 10.9 Å². The fraction of sp³-hybridized carbons (Fsp3) is 0.0909. The van der Waals surface area contributed by atoms with Gasteiger partial charge in [-0.15, -0.1) is 0 Å². The lowest BCUT2D eigenvalue weighted by atomic mass is 10.1. The summed E-state index contributed by atoms with van der Waals surface area (Å²) in [4.78, 5) is 25.0. The first-order valence-corrected chi connectivity index (χ1v) is 4.88. The lowest BCUT2D eigenvalue weighted by molar-refractivity contribution is -0.383. The Labute approximate surface area is 99.8 Å². The van der Waals surface area contributed by atoms with Crippen molar-refractivity contribution in [1.29, 1.82) is 0 Å². The number of nitrogens with zero attached hydrogens (tertiary/aromatic N) is 2. The summed E-state index contributed by atoms with van der Waals surface area (Å²) in [6.45, 7) is 1.51. The number of carboxylic acid groups (broad SMARTS) is 1. The smallest absolute Gasteiger partial charge is 0.336 e. The number of nitro benzene ring substituents is 1. The standard InChI is InChI=1S/C11H7FN2O4/c1-5-2-8(11(15)16)7-3-6(12)4-9(14(17)18)10(7)13-5/h2-4H,1H3,(H,15,16). The Morgan fingerprint density at radius 3 is 2.67 bits per heavy atom. The first-order valence-electron chi connectivity index (χ1n) is 4.88. The summed E-state index contributed by atoms with van der Waals surface area (Å²) in [6, 6.07) is 2.90. The third kappa shape index (κ3) is 1.86. The van der Waals surface area contributed by atoms with Crippen molar-refractivity contribution in [1.82, 2.24) is 4.98 Å². The molecule has 6 nitrogen and oxygen atoms in total. The maximum atomic E-state index is 13.3. The number of non-ortho nitro benzene ring substituents is 1. The highest BCUT2D eigenvalue weighted by Gasteiger charge is 2.20. The third-order valence-electron chi connectivity index (χ3n) is 2.41. The van der Waals surface area contributed by atoms with Gasteiger partial charge in [0.05, 0.1) is 16.6 Å². The summed E-state index contributed by atoms with van der Waals surface area (Å²) < 4.78 is 13.3. The molecular formula is C11H7FN2O4. The van der Waals surface area contributed by atoms with Gasteiger partial charge in [0, 0.05) is 11.1 Å². The third-order valence-corrected chi connectivity index (χ3v) is 2.41. The number of nitro groups is 1. The zero-order chi connectivity index (χ0) is 13.4. The Morgan fingerprint density at radius 2 is 2.11 bits per heavy atom. The topological polar surface area (TPSA) is 93.3 Å². The van der Waals surface area contributed by atoms with Crippen molar-refractivity contribution in [2.24, 2.45) is 0 Å². The van der Waals surface area contributed by atoms with E-state index < -0.39 is 22.4 Å². The highest BCUT2D eigenvalue weighted by Crippen LogP contribution is 2.28. The Morgan fingerprint density at radius 1 is 1.44 bits per heavy atom. The van der Waals surface area contributed by atoms with Gasteiger partial charge in [-0.25, -0.2) is 14.2 Å². The molecular weight excluding hydrogens is 243 g/mol. The van der Waals surface area contributed by atoms with E-state index in [2.05, 4.69) is 4.98 Å². The van der Waals surface area contributed by atoms with E-state index in [9.17, 15) is 19.3 Å². The van der Waals surface area contributed by atoms with Crippen molar-refractivity contribution in [3.8, 4) is 0 Å². The number of fused-ring (bicyclic) bond motifs is 1. The molecule has 0 amide bonds. The van der Waals surface area contributed by atoms with Gasteiger partial charge in [0.25, 0.3) is 5.69 Å². The second kappa shape index (κ2) is 4.02. The fourth-order valence-electron chi connectivity index (χ4n) is 1.72. The molecule has 7 heteroatoms. The first-order chi connectivity index (χ1) is 8.40. The largest absolute Gasteiger partial charge is 0.478 e. The summed E-state index contributed by atoms with van der Waals surface area (Å²) in [5, 5.41) is 19.7. The Hall–Kier alpha value is -2.57. The molecule has 0 saturated heterocycles. The molecule has 0 bridgehead atoms. The van der Waals surface area contributed by atoms with E-state index in [1.807, 2.05) is 0 Å². The number of hydrogen-bond acceptors (Lipinski definition) is 4. The second-order valence-electron chi connectivity index (χ2n) is 3.69. The zero-order valence-electron chi connectivity index (χ0n) is 9.18. The lowest BCUT2D eigenvalue weighted by Gasteiger charge is -2.05. The zero-order valence-corrected chi connectivity index (χ0v) is 9.18. The molecule has 1 N–H and O–H groups in total. The normalized spacial score (nSPS) is 10.6. The average Bonchev–Trinajstić information content (AvgIpc) is 2.27. The van der Waals surface area contributed by atoms with Crippen LogP contribution >= 0.6 is 0 Å². The lowest BCUT2D eigenvalue weighted by Crippen LogP contribution is -2.02. The number of aromatic nitrogens is 1. The molecule has 0 aliphatic rings. The quantitative estimate of drug-likeness (QED) is 0.651. The van der Waals surface area contributed by atoms with Crippen molar-refractivity contribution in [2.75, 3.05) is 0 Å². The minimum atomic E-state index is -1.29. The number of benzene rings is 1. The number of aryl methyl sites for hydroxylation is 1. The molecule has 0 aliphatic heterocycles. The van der Waals surface area contributed by atoms with Crippen LogP contribution in [0, 0.1) is 22.9 Å². The molecule has 2 aromatic rings. The molecule has 0 unspecified atom stereocenters. The Bertz CT molecular complexity index is 625. The van der Waals surface area contributed by atoms with E-state index >= 15 is 0 Å². The van der Waals surface area contributed by atoms with E-state index in [1.54, 1.807) is 0 Å². The molecule has 92 valence electrons. The highest BCUT2D eigenvalue weighted by molar-refractivity contribution is 6.04. The molecule has 0 fully saturated rings. The van der Waals surface area contributed by atoms with Crippen LogP contribution in [0.4, 0.5) is 10.1 Å². The van der Waals surface area contributed by atoms with Crippen LogP contribution in [0.15, 0.2) is 18.2 Å². The van der Waals surface area contributed by atoms with E-state index in [-0.39, 0.29) is 16.5 Å². The maximum absolute atomic E-state index is 13.3. The van der Waals surface area contributed by atoms with E-state index in [0.29, 0.717) is 5.69 Å². The number of carboxylic acids is 1. The molecule has 0 spiro atoms. The number of carbonyl (C=O) groups is 1. The minimum Gasteiger partial charge on any atom is -0.478 e. The fourth-order valence-corrected chi connectivity index (χ4v) is 1.72. The van der Waals surface area contributed by atoms with Crippen LogP contribution in [0.1, 0.15) is 16.1 Å². The summed E-state index contributed by atoms with van der Waals surface area (Å²) >= 11 is 0. The van der Waals surface area contributed by atoms with Gasteiger partial charge in [0.15, 0.2) is 0 Å². The van der Waals surface area contributed by atoms with Gasteiger partial charge in [0.2, 0.25) is 0 Å². The van der Waals surface area contributed by atoms with Crippen LogP contribution in [0.5, 0.6) is 0 Å². The minimum absolute atomic E-state index is 0.0835. The summed E-state index contributed by atoms with van der Waals surface area (Å²) in [5.74, 6) is -2.16. The highest BCUT2D eigenvalue weighted by atomic mass is 19.1. The summed E-state index contributed by atoms with van der Waals surface area (Å²) in [7, 11) is 0. The van der Waals surface area contributed by atoms with Crippen molar-refractivity contribution in [3.05, 3.63) is 45.4 Å². The SMILES string of the molecule is Cc1cc(C(=O)O)c2cc(F)cc([N+](=O)[O-])c2n1. The number of hydrogen-bond donors (Lipinski definition) is 1. The van der Waals surface area contributed by atoms with Gasteiger partial charge in [-0.2, -0.15) is 0 Å². The Balaban J connectivity index is 2.98. The van der Waals surface area contributed by atoms with Crippen molar-refractivity contribution < 1.29 is 19.2 Å². The van der Waals surface area contributed by atoms with Gasteiger partial charge < -0.3 is 5.11 Å². The van der Waals surface area contributed by atoms with Gasteiger partial charge in [-0.05, 0) is 19.1 Å². The molecule has 2 rings (SSSR count). The first kappa shape index (κ1) is 11.9. The monoisotopic (exact) mass is 250 g/mol. The molecule has 0 saturated carbocycles. The average molecular weight is 250 g/mol. The summed E-state index contributed by atoms with van der Waals surface area (Å²) in [5.41, 5.74) is -0.565. The predicted molar refractivity (Wildman–Crippen MR) is 60.1 cm³/mol.